The molecular weight excluding hydrogens is 262 g/mol. The topological polar surface area (TPSA) is 35.5 Å². The maximum absolute atomic E-state index is 14.2. The molecule has 1 aliphatic heterocycles. The third kappa shape index (κ3) is 3.67. The van der Waals surface area contributed by atoms with Crippen LogP contribution in [0.3, 0.4) is 0 Å². The zero-order valence-electron chi connectivity index (χ0n) is 12.0. The van der Waals surface area contributed by atoms with Gasteiger partial charge in [0, 0.05) is 25.7 Å². The number of nitrogens with zero attached hydrogens (tertiary/aromatic N) is 1. The molecule has 0 spiro atoms. The van der Waals surface area contributed by atoms with Crippen molar-refractivity contribution in [2.45, 2.75) is 45.4 Å². The van der Waals surface area contributed by atoms with E-state index in [9.17, 15) is 13.9 Å². The van der Waals surface area contributed by atoms with Crippen LogP contribution in [0.25, 0.3) is 0 Å². The third-order valence-corrected chi connectivity index (χ3v) is 3.50. The van der Waals surface area contributed by atoms with Crippen molar-refractivity contribution in [1.29, 1.82) is 0 Å². The van der Waals surface area contributed by atoms with E-state index < -0.39 is 17.7 Å². The Hall–Kier alpha value is -1.20. The number of hydrogen-bond acceptors (Lipinski definition) is 3. The average Bonchev–Trinajstić information content (AvgIpc) is 2.35. The highest BCUT2D eigenvalue weighted by atomic mass is 19.1. The molecule has 0 amide bonds. The number of aliphatic hydroxyl groups excluding tert-OH is 1. The molecular formula is C15H22F2N2O. The molecule has 0 saturated carbocycles. The first-order chi connectivity index (χ1) is 9.47. The molecule has 1 unspecified atom stereocenters. The molecule has 112 valence electrons. The van der Waals surface area contributed by atoms with Crippen molar-refractivity contribution in [2.75, 3.05) is 18.0 Å². The molecule has 1 atom stereocenters. The molecule has 1 saturated heterocycles. The van der Waals surface area contributed by atoms with Crippen LogP contribution >= 0.6 is 0 Å². The maximum Gasteiger partial charge on any atom is 0.149 e. The Morgan fingerprint density at radius 1 is 1.35 bits per heavy atom. The van der Waals surface area contributed by atoms with Crippen LogP contribution in [0.2, 0.25) is 0 Å². The fraction of sp³-hybridized carbons (Fsp3) is 0.600. The minimum atomic E-state index is -0.556. The van der Waals surface area contributed by atoms with Gasteiger partial charge in [-0.15, -0.1) is 0 Å². The smallest absolute Gasteiger partial charge is 0.149 e. The summed E-state index contributed by atoms with van der Waals surface area (Å²) in [5.41, 5.74) is 0.576. The molecule has 1 fully saturated rings. The van der Waals surface area contributed by atoms with Crippen LogP contribution in [0.1, 0.15) is 32.3 Å². The van der Waals surface area contributed by atoms with E-state index in [1.165, 1.54) is 12.1 Å². The molecule has 2 N–H and O–H groups in total. The van der Waals surface area contributed by atoms with Crippen molar-refractivity contribution in [3.05, 3.63) is 29.3 Å². The number of anilines is 1. The molecule has 3 nitrogen and oxygen atoms in total. The highest BCUT2D eigenvalue weighted by molar-refractivity contribution is 5.51. The lowest BCUT2D eigenvalue weighted by molar-refractivity contribution is 0.153. The van der Waals surface area contributed by atoms with E-state index in [4.69, 9.17) is 0 Å². The summed E-state index contributed by atoms with van der Waals surface area (Å²) >= 11 is 0. The Morgan fingerprint density at radius 2 is 2.00 bits per heavy atom. The number of rotatable bonds is 4. The van der Waals surface area contributed by atoms with Crippen molar-refractivity contribution in [3.63, 3.8) is 0 Å². The van der Waals surface area contributed by atoms with E-state index in [0.29, 0.717) is 25.1 Å². The third-order valence-electron chi connectivity index (χ3n) is 3.50. The number of halogens is 2. The lowest BCUT2D eigenvalue weighted by Crippen LogP contribution is -2.39. The number of nitrogens with one attached hydrogen (secondary N) is 1. The second-order valence-electron chi connectivity index (χ2n) is 5.69. The van der Waals surface area contributed by atoms with Crippen LogP contribution in [-0.2, 0) is 6.54 Å². The van der Waals surface area contributed by atoms with Gasteiger partial charge in [0.05, 0.1) is 6.10 Å². The number of piperidine rings is 1. The lowest BCUT2D eigenvalue weighted by atomic mass is 10.1. The van der Waals surface area contributed by atoms with Gasteiger partial charge in [-0.25, -0.2) is 8.78 Å². The molecule has 0 radical (unpaired) electrons. The molecule has 1 aromatic carbocycles. The van der Waals surface area contributed by atoms with E-state index in [1.807, 2.05) is 13.8 Å². The first-order valence-corrected chi connectivity index (χ1v) is 7.11. The summed E-state index contributed by atoms with van der Waals surface area (Å²) in [6, 6.07) is 3.00. The van der Waals surface area contributed by atoms with Crippen molar-refractivity contribution in [1.82, 2.24) is 5.32 Å². The number of aliphatic hydroxyl groups is 1. The van der Waals surface area contributed by atoms with E-state index >= 15 is 0 Å². The second kappa shape index (κ2) is 6.50. The van der Waals surface area contributed by atoms with Gasteiger partial charge in [-0.05, 0) is 30.5 Å². The Balaban J connectivity index is 2.17. The summed E-state index contributed by atoms with van der Waals surface area (Å²) in [5, 5.41) is 12.8. The Kier molecular flexibility index (Phi) is 4.94. The minimum Gasteiger partial charge on any atom is -0.391 e. The predicted molar refractivity (Wildman–Crippen MR) is 75.8 cm³/mol. The van der Waals surface area contributed by atoms with E-state index in [1.54, 1.807) is 4.90 Å². The first-order valence-electron chi connectivity index (χ1n) is 7.11. The van der Waals surface area contributed by atoms with E-state index in [-0.39, 0.29) is 18.3 Å². The van der Waals surface area contributed by atoms with Gasteiger partial charge in [-0.3, -0.25) is 0 Å². The van der Waals surface area contributed by atoms with E-state index in [2.05, 4.69) is 5.32 Å². The SMILES string of the molecule is CC(C)NCc1cc(F)c(N2CCCC(O)C2)c(F)c1. The highest BCUT2D eigenvalue weighted by Crippen LogP contribution is 2.27. The average molecular weight is 284 g/mol. The predicted octanol–water partition coefficient (Wildman–Crippen LogP) is 2.42. The second-order valence-corrected chi connectivity index (χ2v) is 5.69. The number of benzene rings is 1. The fourth-order valence-corrected chi connectivity index (χ4v) is 2.50. The van der Waals surface area contributed by atoms with Gasteiger partial charge in [-0.1, -0.05) is 13.8 Å². The van der Waals surface area contributed by atoms with Crippen LogP contribution in [-0.4, -0.2) is 30.3 Å². The van der Waals surface area contributed by atoms with Gasteiger partial charge in [-0.2, -0.15) is 0 Å². The van der Waals surface area contributed by atoms with Gasteiger partial charge in [0.2, 0.25) is 0 Å². The molecule has 1 heterocycles. The van der Waals surface area contributed by atoms with Crippen molar-refractivity contribution in [2.24, 2.45) is 0 Å². The van der Waals surface area contributed by atoms with Crippen molar-refractivity contribution < 1.29 is 13.9 Å². The molecule has 5 heteroatoms. The van der Waals surface area contributed by atoms with Gasteiger partial charge in [0.1, 0.15) is 17.3 Å². The van der Waals surface area contributed by atoms with Gasteiger partial charge in [0.25, 0.3) is 0 Å². The summed E-state index contributed by atoms with van der Waals surface area (Å²) < 4.78 is 28.3. The maximum atomic E-state index is 14.2. The molecule has 0 aromatic heterocycles. The summed E-state index contributed by atoms with van der Waals surface area (Å²) in [5.74, 6) is -1.11. The van der Waals surface area contributed by atoms with E-state index in [0.717, 1.165) is 6.42 Å². The normalized spacial score (nSPS) is 19.7. The Morgan fingerprint density at radius 3 is 2.55 bits per heavy atom. The fourth-order valence-electron chi connectivity index (χ4n) is 2.50. The monoisotopic (exact) mass is 284 g/mol. The van der Waals surface area contributed by atoms with Crippen LogP contribution in [0, 0.1) is 11.6 Å². The molecule has 0 aliphatic carbocycles. The molecule has 0 bridgehead atoms. The molecule has 1 aromatic rings. The van der Waals surface area contributed by atoms with Crippen LogP contribution in [0.15, 0.2) is 12.1 Å². The van der Waals surface area contributed by atoms with Gasteiger partial charge >= 0.3 is 0 Å². The summed E-state index contributed by atoms with van der Waals surface area (Å²) in [6.45, 7) is 5.27. The van der Waals surface area contributed by atoms with Crippen molar-refractivity contribution in [3.8, 4) is 0 Å². The zero-order chi connectivity index (χ0) is 14.7. The quantitative estimate of drug-likeness (QED) is 0.891. The highest BCUT2D eigenvalue weighted by Gasteiger charge is 2.23. The Labute approximate surface area is 118 Å². The summed E-state index contributed by atoms with van der Waals surface area (Å²) in [4.78, 5) is 1.60. The van der Waals surface area contributed by atoms with Gasteiger partial charge in [0.15, 0.2) is 0 Å². The minimum absolute atomic E-state index is 0.0166. The van der Waals surface area contributed by atoms with Crippen molar-refractivity contribution >= 4 is 5.69 Å². The number of β-amino-alcohol motifs (C(OH)–C–C–N with tert-alkyl or cyclic N) is 1. The zero-order valence-corrected chi connectivity index (χ0v) is 12.0. The number of hydrogen-bond donors (Lipinski definition) is 2. The summed E-state index contributed by atoms with van der Waals surface area (Å²) in [7, 11) is 0. The van der Waals surface area contributed by atoms with Crippen LogP contribution in [0.5, 0.6) is 0 Å². The standard InChI is InChI=1S/C15H22F2N2O/c1-10(2)18-8-11-6-13(16)15(14(17)7-11)19-5-3-4-12(20)9-19/h6-7,10,12,18,20H,3-5,8-9H2,1-2H3. The molecule has 1 aliphatic rings. The largest absolute Gasteiger partial charge is 0.391 e. The Bertz CT molecular complexity index is 442. The van der Waals surface area contributed by atoms with Crippen LogP contribution < -0.4 is 10.2 Å². The van der Waals surface area contributed by atoms with Crippen LogP contribution in [0.4, 0.5) is 14.5 Å². The summed E-state index contributed by atoms with van der Waals surface area (Å²) in [6.07, 6.45) is 0.928. The lowest BCUT2D eigenvalue weighted by Gasteiger charge is -2.32. The van der Waals surface area contributed by atoms with Gasteiger partial charge < -0.3 is 15.3 Å². The first kappa shape index (κ1) is 15.2. The molecule has 2 rings (SSSR count). The molecule has 20 heavy (non-hydrogen) atoms.